The van der Waals surface area contributed by atoms with Crippen LogP contribution >= 0.6 is 27.7 Å². The summed E-state index contributed by atoms with van der Waals surface area (Å²) >= 11 is 4.80. The highest BCUT2D eigenvalue weighted by Gasteiger charge is 2.23. The second-order valence-electron chi connectivity index (χ2n) is 10.6. The van der Waals surface area contributed by atoms with Gasteiger partial charge in [0.2, 0.25) is 5.91 Å². The van der Waals surface area contributed by atoms with E-state index in [0.29, 0.717) is 16.9 Å². The Balaban J connectivity index is 1.25. The summed E-state index contributed by atoms with van der Waals surface area (Å²) in [5.74, 6) is -1.07. The largest absolute Gasteiger partial charge is 0.361 e. The molecule has 7 nitrogen and oxygen atoms in total. The first-order valence-electron chi connectivity index (χ1n) is 14.8. The van der Waals surface area contributed by atoms with Gasteiger partial charge in [-0.15, -0.1) is 11.8 Å². The minimum absolute atomic E-state index is 0.0812. The van der Waals surface area contributed by atoms with Gasteiger partial charge in [-0.25, -0.2) is 0 Å². The number of benzene rings is 5. The Bertz CT molecular complexity index is 2060. The molecule has 0 aliphatic heterocycles. The van der Waals surface area contributed by atoms with Gasteiger partial charge in [-0.3, -0.25) is 14.4 Å². The molecule has 0 saturated heterocycles. The molecule has 0 aliphatic carbocycles. The highest BCUT2D eigenvalue weighted by molar-refractivity contribution is 9.10. The molecule has 47 heavy (non-hydrogen) atoms. The number of aromatic amines is 1. The second-order valence-corrected chi connectivity index (χ2v) is 12.6. The maximum atomic E-state index is 13.8. The molecule has 0 aliphatic rings. The lowest BCUT2D eigenvalue weighted by Crippen LogP contribution is -2.30. The molecular formula is C38H29BrN4O3S. The number of fused-ring (bicyclic) bond motifs is 1. The zero-order valence-electron chi connectivity index (χ0n) is 24.9. The van der Waals surface area contributed by atoms with E-state index in [1.165, 1.54) is 11.8 Å². The van der Waals surface area contributed by atoms with Gasteiger partial charge in [0.15, 0.2) is 0 Å². The topological polar surface area (TPSA) is 103 Å². The fraction of sp³-hybridized carbons (Fsp3) is 0.0263. The second kappa shape index (κ2) is 14.8. The van der Waals surface area contributed by atoms with Crippen LogP contribution in [0.25, 0.3) is 17.0 Å². The van der Waals surface area contributed by atoms with E-state index >= 15 is 0 Å². The molecule has 0 fully saturated rings. The van der Waals surface area contributed by atoms with Crippen LogP contribution in [-0.2, 0) is 9.59 Å². The smallest absolute Gasteiger partial charge is 0.272 e. The van der Waals surface area contributed by atoms with E-state index in [1.807, 2.05) is 103 Å². The summed E-state index contributed by atoms with van der Waals surface area (Å²) in [6, 6.07) is 40.7. The molecule has 5 aromatic carbocycles. The molecule has 232 valence electrons. The van der Waals surface area contributed by atoms with E-state index in [0.717, 1.165) is 31.4 Å². The predicted octanol–water partition coefficient (Wildman–Crippen LogP) is 8.81. The van der Waals surface area contributed by atoms with Gasteiger partial charge in [-0.05, 0) is 72.3 Å². The first-order chi connectivity index (χ1) is 22.9. The van der Waals surface area contributed by atoms with Gasteiger partial charge in [-0.2, -0.15) is 0 Å². The number of hydrogen-bond donors (Lipinski definition) is 4. The molecule has 1 atom stereocenters. The quantitative estimate of drug-likeness (QED) is 0.0847. The minimum atomic E-state index is -0.562. The SMILES string of the molecule is O=C(Nc1cccc(SC(C(=O)Nc2ccc(Br)cc2)c2ccccc2)c1)/C(=C/c1c[nH]c2ccccc12)NC(=O)c1ccccc1. The predicted molar refractivity (Wildman–Crippen MR) is 193 cm³/mol. The number of amides is 3. The van der Waals surface area contributed by atoms with Crippen LogP contribution in [0.2, 0.25) is 0 Å². The summed E-state index contributed by atoms with van der Waals surface area (Å²) in [7, 11) is 0. The number of para-hydroxylation sites is 1. The van der Waals surface area contributed by atoms with Crippen molar-refractivity contribution in [1.82, 2.24) is 10.3 Å². The Morgan fingerprint density at radius 2 is 1.43 bits per heavy atom. The fourth-order valence-electron chi connectivity index (χ4n) is 4.93. The van der Waals surface area contributed by atoms with Crippen LogP contribution < -0.4 is 16.0 Å². The van der Waals surface area contributed by atoms with E-state index in [1.54, 1.807) is 42.6 Å². The van der Waals surface area contributed by atoms with Crippen molar-refractivity contribution in [3.05, 3.63) is 167 Å². The van der Waals surface area contributed by atoms with Gasteiger partial charge in [-0.1, -0.05) is 88.7 Å². The maximum Gasteiger partial charge on any atom is 0.272 e. The van der Waals surface area contributed by atoms with Crippen LogP contribution in [0.4, 0.5) is 11.4 Å². The van der Waals surface area contributed by atoms with Gasteiger partial charge >= 0.3 is 0 Å². The molecule has 1 heterocycles. The molecule has 0 spiro atoms. The summed E-state index contributed by atoms with van der Waals surface area (Å²) in [5, 5.41) is 9.11. The Morgan fingerprint density at radius 3 is 2.19 bits per heavy atom. The first kappa shape index (κ1) is 31.6. The Morgan fingerprint density at radius 1 is 0.723 bits per heavy atom. The third kappa shape index (κ3) is 8.07. The van der Waals surface area contributed by atoms with Crippen LogP contribution in [0.3, 0.4) is 0 Å². The molecule has 0 bridgehead atoms. The normalized spacial score (nSPS) is 11.9. The number of nitrogens with one attached hydrogen (secondary N) is 4. The van der Waals surface area contributed by atoms with Gasteiger partial charge in [0, 0.05) is 49.0 Å². The molecule has 1 unspecified atom stereocenters. The Hall–Kier alpha value is -5.38. The summed E-state index contributed by atoms with van der Waals surface area (Å²) in [4.78, 5) is 44.4. The average molecular weight is 702 g/mol. The molecule has 3 amide bonds. The van der Waals surface area contributed by atoms with Gasteiger partial charge in [0.25, 0.3) is 11.8 Å². The van der Waals surface area contributed by atoms with Crippen molar-refractivity contribution in [3.8, 4) is 0 Å². The van der Waals surface area contributed by atoms with Crippen LogP contribution in [0, 0.1) is 0 Å². The lowest BCUT2D eigenvalue weighted by Gasteiger charge is -2.18. The van der Waals surface area contributed by atoms with E-state index in [4.69, 9.17) is 0 Å². The molecule has 9 heteroatoms. The lowest BCUT2D eigenvalue weighted by atomic mass is 10.1. The van der Waals surface area contributed by atoms with Crippen LogP contribution in [0.15, 0.2) is 155 Å². The monoisotopic (exact) mass is 700 g/mol. The number of rotatable bonds is 10. The number of carbonyl (C=O) groups excluding carboxylic acids is 3. The van der Waals surface area contributed by atoms with Crippen molar-refractivity contribution in [2.75, 3.05) is 10.6 Å². The Labute approximate surface area is 284 Å². The molecule has 0 saturated carbocycles. The van der Waals surface area contributed by atoms with E-state index in [-0.39, 0.29) is 11.6 Å². The van der Waals surface area contributed by atoms with Crippen LogP contribution in [0.5, 0.6) is 0 Å². The number of aromatic nitrogens is 1. The van der Waals surface area contributed by atoms with E-state index < -0.39 is 17.1 Å². The number of carbonyl (C=O) groups is 3. The fourth-order valence-corrected chi connectivity index (χ4v) is 6.28. The average Bonchev–Trinajstić information content (AvgIpc) is 3.51. The first-order valence-corrected chi connectivity index (χ1v) is 16.4. The molecule has 6 aromatic rings. The van der Waals surface area contributed by atoms with Gasteiger partial charge < -0.3 is 20.9 Å². The number of anilines is 2. The van der Waals surface area contributed by atoms with Crippen molar-refractivity contribution < 1.29 is 14.4 Å². The Kier molecular flexibility index (Phi) is 9.95. The summed E-state index contributed by atoms with van der Waals surface area (Å²) in [5.41, 5.74) is 4.22. The standard InChI is InChI=1S/C38H29BrN4O3S/c39-28-18-20-29(21-19-28)41-38(46)35(25-10-3-1-4-11-25)47-31-15-9-14-30(23-31)42-37(45)34(43-36(44)26-12-5-2-6-13-26)22-27-24-40-33-17-8-7-16-32(27)33/h1-24,35,40H,(H,41,46)(H,42,45)(H,43,44)/b34-22-. The lowest BCUT2D eigenvalue weighted by molar-refractivity contribution is -0.116. The van der Waals surface area contributed by atoms with Crippen molar-refractivity contribution >= 4 is 73.8 Å². The number of H-pyrrole nitrogens is 1. The molecule has 4 N–H and O–H groups in total. The third-order valence-corrected chi connectivity index (χ3v) is 9.02. The van der Waals surface area contributed by atoms with Crippen molar-refractivity contribution in [1.29, 1.82) is 0 Å². The number of hydrogen-bond acceptors (Lipinski definition) is 4. The van der Waals surface area contributed by atoms with Crippen molar-refractivity contribution in [2.45, 2.75) is 10.1 Å². The maximum absolute atomic E-state index is 13.8. The number of thioether (sulfide) groups is 1. The third-order valence-electron chi connectivity index (χ3n) is 7.25. The van der Waals surface area contributed by atoms with Crippen molar-refractivity contribution in [2.24, 2.45) is 0 Å². The van der Waals surface area contributed by atoms with Gasteiger partial charge in [0.05, 0.1) is 0 Å². The number of halogens is 1. The molecular weight excluding hydrogens is 672 g/mol. The summed E-state index contributed by atoms with van der Waals surface area (Å²) in [6.45, 7) is 0. The van der Waals surface area contributed by atoms with E-state index in [2.05, 4.69) is 36.9 Å². The van der Waals surface area contributed by atoms with E-state index in [9.17, 15) is 14.4 Å². The van der Waals surface area contributed by atoms with Crippen molar-refractivity contribution in [3.63, 3.8) is 0 Å². The van der Waals surface area contributed by atoms with Gasteiger partial charge in [0.1, 0.15) is 10.9 Å². The highest BCUT2D eigenvalue weighted by atomic mass is 79.9. The van der Waals surface area contributed by atoms with Crippen LogP contribution in [0.1, 0.15) is 26.7 Å². The summed E-state index contributed by atoms with van der Waals surface area (Å²) < 4.78 is 0.919. The molecule has 1 aromatic heterocycles. The minimum Gasteiger partial charge on any atom is -0.361 e. The van der Waals surface area contributed by atoms with Crippen LogP contribution in [-0.4, -0.2) is 22.7 Å². The molecule has 6 rings (SSSR count). The summed E-state index contributed by atoms with van der Waals surface area (Å²) in [6.07, 6.45) is 3.46. The highest BCUT2D eigenvalue weighted by Crippen LogP contribution is 2.37. The zero-order valence-corrected chi connectivity index (χ0v) is 27.3. The zero-order chi connectivity index (χ0) is 32.6. The molecule has 0 radical (unpaired) electrons.